The van der Waals surface area contributed by atoms with Crippen LogP contribution in [0.1, 0.15) is 18.1 Å². The van der Waals surface area contributed by atoms with Gasteiger partial charge in [-0.3, -0.25) is 14.3 Å². The molecule has 5 nitrogen and oxygen atoms in total. The molecule has 0 aliphatic carbocycles. The van der Waals surface area contributed by atoms with E-state index in [-0.39, 0.29) is 5.56 Å². The number of anilines is 1. The van der Waals surface area contributed by atoms with Crippen molar-refractivity contribution in [1.82, 2.24) is 9.55 Å². The van der Waals surface area contributed by atoms with Crippen molar-refractivity contribution in [3.63, 3.8) is 0 Å². The standard InChI is InChI=1S/C13H15N3O2/c1-2-10-8-16(13(18)15-12(10)17)7-9-4-3-5-11(14)6-9/h3-6,8H,2,7,14H2,1H3,(H,15,17,18). The predicted molar refractivity (Wildman–Crippen MR) is 70.7 cm³/mol. The second kappa shape index (κ2) is 4.91. The minimum Gasteiger partial charge on any atom is -0.399 e. The van der Waals surface area contributed by atoms with Gasteiger partial charge in [-0.05, 0) is 24.1 Å². The van der Waals surface area contributed by atoms with Crippen molar-refractivity contribution in [2.24, 2.45) is 0 Å². The van der Waals surface area contributed by atoms with E-state index in [2.05, 4.69) is 4.98 Å². The highest BCUT2D eigenvalue weighted by molar-refractivity contribution is 5.40. The minimum atomic E-state index is -0.403. The van der Waals surface area contributed by atoms with Gasteiger partial charge in [-0.1, -0.05) is 19.1 Å². The molecular formula is C13H15N3O2. The molecule has 5 heteroatoms. The van der Waals surface area contributed by atoms with Gasteiger partial charge in [-0.25, -0.2) is 4.79 Å². The number of benzene rings is 1. The average molecular weight is 245 g/mol. The van der Waals surface area contributed by atoms with Crippen LogP contribution in [0.2, 0.25) is 0 Å². The van der Waals surface area contributed by atoms with Gasteiger partial charge in [0.05, 0.1) is 6.54 Å². The number of nitrogens with two attached hydrogens (primary N) is 1. The van der Waals surface area contributed by atoms with Crippen LogP contribution in [0.3, 0.4) is 0 Å². The Hall–Kier alpha value is -2.30. The van der Waals surface area contributed by atoms with E-state index in [1.165, 1.54) is 4.57 Å². The van der Waals surface area contributed by atoms with E-state index in [9.17, 15) is 9.59 Å². The van der Waals surface area contributed by atoms with Crippen molar-refractivity contribution in [1.29, 1.82) is 0 Å². The zero-order valence-electron chi connectivity index (χ0n) is 10.1. The smallest absolute Gasteiger partial charge is 0.328 e. The van der Waals surface area contributed by atoms with Gasteiger partial charge in [0.25, 0.3) is 5.56 Å². The maximum absolute atomic E-state index is 11.7. The summed E-state index contributed by atoms with van der Waals surface area (Å²) < 4.78 is 1.48. The molecule has 0 aliphatic heterocycles. The van der Waals surface area contributed by atoms with Crippen LogP contribution in [-0.2, 0) is 13.0 Å². The van der Waals surface area contributed by atoms with Gasteiger partial charge < -0.3 is 5.73 Å². The summed E-state index contributed by atoms with van der Waals surface area (Å²) in [5.41, 5.74) is 7.14. The zero-order chi connectivity index (χ0) is 13.1. The van der Waals surface area contributed by atoms with E-state index in [0.717, 1.165) is 5.56 Å². The van der Waals surface area contributed by atoms with Gasteiger partial charge >= 0.3 is 5.69 Å². The summed E-state index contributed by atoms with van der Waals surface area (Å²) >= 11 is 0. The van der Waals surface area contributed by atoms with E-state index in [1.54, 1.807) is 12.3 Å². The van der Waals surface area contributed by atoms with Crippen molar-refractivity contribution >= 4 is 5.69 Å². The highest BCUT2D eigenvalue weighted by Gasteiger charge is 2.03. The number of nitrogens with one attached hydrogen (secondary N) is 1. The molecule has 2 rings (SSSR count). The first-order valence-electron chi connectivity index (χ1n) is 5.77. The van der Waals surface area contributed by atoms with Crippen LogP contribution in [-0.4, -0.2) is 9.55 Å². The van der Waals surface area contributed by atoms with Crippen LogP contribution < -0.4 is 17.0 Å². The maximum atomic E-state index is 11.7. The molecule has 0 atom stereocenters. The van der Waals surface area contributed by atoms with Crippen LogP contribution in [0.25, 0.3) is 0 Å². The number of nitrogen functional groups attached to an aromatic ring is 1. The molecular weight excluding hydrogens is 230 g/mol. The van der Waals surface area contributed by atoms with Gasteiger partial charge in [0, 0.05) is 17.4 Å². The molecule has 0 bridgehead atoms. The highest BCUT2D eigenvalue weighted by atomic mass is 16.2. The summed E-state index contributed by atoms with van der Waals surface area (Å²) in [6.45, 7) is 2.27. The summed E-state index contributed by atoms with van der Waals surface area (Å²) in [5.74, 6) is 0. The number of H-pyrrole nitrogens is 1. The van der Waals surface area contributed by atoms with Crippen molar-refractivity contribution in [2.45, 2.75) is 19.9 Å². The van der Waals surface area contributed by atoms with E-state index in [1.807, 2.05) is 25.1 Å². The molecule has 94 valence electrons. The molecule has 1 heterocycles. The molecule has 0 unspecified atom stereocenters. The summed E-state index contributed by atoms with van der Waals surface area (Å²) in [5, 5.41) is 0. The quantitative estimate of drug-likeness (QED) is 0.782. The Kier molecular flexibility index (Phi) is 3.32. The molecule has 1 aromatic heterocycles. The lowest BCUT2D eigenvalue weighted by Crippen LogP contribution is -2.31. The number of rotatable bonds is 3. The van der Waals surface area contributed by atoms with Crippen LogP contribution >= 0.6 is 0 Å². The molecule has 2 aromatic rings. The summed E-state index contributed by atoms with van der Waals surface area (Å²) in [7, 11) is 0. The molecule has 0 radical (unpaired) electrons. The van der Waals surface area contributed by atoms with E-state index >= 15 is 0 Å². The Morgan fingerprint density at radius 1 is 1.33 bits per heavy atom. The Bertz CT molecular complexity index is 670. The van der Waals surface area contributed by atoms with Gasteiger partial charge in [0.1, 0.15) is 0 Å². The SMILES string of the molecule is CCc1cn(Cc2cccc(N)c2)c(=O)[nH]c1=O. The van der Waals surface area contributed by atoms with E-state index in [0.29, 0.717) is 24.2 Å². The Morgan fingerprint density at radius 2 is 2.11 bits per heavy atom. The number of hydrogen-bond donors (Lipinski definition) is 2. The fourth-order valence-electron chi connectivity index (χ4n) is 1.81. The molecule has 0 spiro atoms. The van der Waals surface area contributed by atoms with Crippen LogP contribution in [0.15, 0.2) is 40.1 Å². The number of aromatic nitrogens is 2. The summed E-state index contributed by atoms with van der Waals surface area (Å²) in [6, 6.07) is 7.32. The van der Waals surface area contributed by atoms with Crippen LogP contribution in [0, 0.1) is 0 Å². The molecule has 0 fully saturated rings. The molecule has 0 aliphatic rings. The number of aromatic amines is 1. The normalized spacial score (nSPS) is 10.5. The third-order valence-electron chi connectivity index (χ3n) is 2.77. The zero-order valence-corrected chi connectivity index (χ0v) is 10.1. The third kappa shape index (κ3) is 2.51. The lowest BCUT2D eigenvalue weighted by atomic mass is 10.2. The number of hydrogen-bond acceptors (Lipinski definition) is 3. The predicted octanol–water partition coefficient (Wildman–Crippen LogP) is 0.730. The van der Waals surface area contributed by atoms with E-state index in [4.69, 9.17) is 5.73 Å². The van der Waals surface area contributed by atoms with Crippen molar-refractivity contribution < 1.29 is 0 Å². The average Bonchev–Trinajstić information content (AvgIpc) is 2.33. The fraction of sp³-hybridized carbons (Fsp3) is 0.231. The lowest BCUT2D eigenvalue weighted by molar-refractivity contribution is 0.708. The van der Waals surface area contributed by atoms with E-state index < -0.39 is 5.69 Å². The van der Waals surface area contributed by atoms with Crippen molar-refractivity contribution in [2.75, 3.05) is 5.73 Å². The van der Waals surface area contributed by atoms with Crippen molar-refractivity contribution in [3.05, 3.63) is 62.4 Å². The molecule has 0 saturated carbocycles. The lowest BCUT2D eigenvalue weighted by Gasteiger charge is -2.07. The highest BCUT2D eigenvalue weighted by Crippen LogP contribution is 2.07. The monoisotopic (exact) mass is 245 g/mol. The fourth-order valence-corrected chi connectivity index (χ4v) is 1.81. The molecule has 0 saturated heterocycles. The Morgan fingerprint density at radius 3 is 2.78 bits per heavy atom. The largest absolute Gasteiger partial charge is 0.399 e. The van der Waals surface area contributed by atoms with Gasteiger partial charge in [0.15, 0.2) is 0 Å². The van der Waals surface area contributed by atoms with Gasteiger partial charge in [0.2, 0.25) is 0 Å². The second-order valence-corrected chi connectivity index (χ2v) is 4.14. The number of nitrogens with zero attached hydrogens (tertiary/aromatic N) is 1. The first-order valence-corrected chi connectivity index (χ1v) is 5.77. The number of aryl methyl sites for hydroxylation is 1. The van der Waals surface area contributed by atoms with Gasteiger partial charge in [-0.2, -0.15) is 0 Å². The van der Waals surface area contributed by atoms with Gasteiger partial charge in [-0.15, -0.1) is 0 Å². The van der Waals surface area contributed by atoms with Crippen LogP contribution in [0.4, 0.5) is 5.69 Å². The molecule has 3 N–H and O–H groups in total. The van der Waals surface area contributed by atoms with Crippen molar-refractivity contribution in [3.8, 4) is 0 Å². The summed E-state index contributed by atoms with van der Waals surface area (Å²) in [6.07, 6.45) is 2.19. The second-order valence-electron chi connectivity index (χ2n) is 4.14. The summed E-state index contributed by atoms with van der Waals surface area (Å²) in [4.78, 5) is 25.4. The topological polar surface area (TPSA) is 80.9 Å². The molecule has 0 amide bonds. The first-order chi connectivity index (χ1) is 8.60. The Labute approximate surface area is 104 Å². The molecule has 1 aromatic carbocycles. The van der Waals surface area contributed by atoms with Crippen LogP contribution in [0.5, 0.6) is 0 Å². The Balaban J connectivity index is 2.40. The third-order valence-corrected chi connectivity index (χ3v) is 2.77. The molecule has 18 heavy (non-hydrogen) atoms. The minimum absolute atomic E-state index is 0.314. The maximum Gasteiger partial charge on any atom is 0.328 e. The first kappa shape index (κ1) is 12.2.